The van der Waals surface area contributed by atoms with Gasteiger partial charge in [0.2, 0.25) is 12.2 Å². The van der Waals surface area contributed by atoms with Crippen molar-refractivity contribution in [3.63, 3.8) is 0 Å². The molecular formula is C17H24N4O11. The van der Waals surface area contributed by atoms with E-state index in [2.05, 4.69) is 15.3 Å². The highest BCUT2D eigenvalue weighted by atomic mass is 16.7. The number of carboxylic acid groups (broad SMARTS) is 1. The zero-order chi connectivity index (χ0) is 24.4. The Bertz CT molecular complexity index is 782. The number of nitrogens with one attached hydrogen (secondary N) is 1. The maximum Gasteiger partial charge on any atom is 0.332 e. The van der Waals surface area contributed by atoms with Gasteiger partial charge in [-0.15, -0.1) is 0 Å². The fourth-order valence-corrected chi connectivity index (χ4v) is 2.77. The Labute approximate surface area is 181 Å². The standard InChI is InChI=1S/C17H24N4O11/c1-7(16(26)27)29-15-13(20-12(25)5-19-21-18)17(31-10(4)24)32-11(6-28-8(2)22)14(15)30-9(3)23/h7,11,13-15,17H,5-6H2,1-4H3,(H,20,25)(H,26,27)/t7?,11?,13-,14+,15?,17?/m0/s1. The minimum atomic E-state index is -1.55. The number of rotatable bonds is 10. The van der Waals surface area contributed by atoms with Crippen molar-refractivity contribution in [3.05, 3.63) is 10.4 Å². The molecule has 0 radical (unpaired) electrons. The third-order valence-electron chi connectivity index (χ3n) is 4.00. The molecule has 0 bridgehead atoms. The average molecular weight is 460 g/mol. The molecule has 2 N–H and O–H groups in total. The van der Waals surface area contributed by atoms with E-state index in [4.69, 9.17) is 29.2 Å². The number of nitrogens with zero attached hydrogens (tertiary/aromatic N) is 3. The van der Waals surface area contributed by atoms with Gasteiger partial charge >= 0.3 is 23.9 Å². The van der Waals surface area contributed by atoms with E-state index in [1.54, 1.807) is 0 Å². The molecule has 32 heavy (non-hydrogen) atoms. The minimum Gasteiger partial charge on any atom is -0.479 e. The van der Waals surface area contributed by atoms with Gasteiger partial charge in [-0.2, -0.15) is 0 Å². The number of carbonyl (C=O) groups is 5. The molecule has 4 unspecified atom stereocenters. The van der Waals surface area contributed by atoms with E-state index in [1.165, 1.54) is 6.92 Å². The Hall–Kier alpha value is -3.42. The Kier molecular flexibility index (Phi) is 10.3. The van der Waals surface area contributed by atoms with E-state index < -0.39 is 79.7 Å². The van der Waals surface area contributed by atoms with Crippen molar-refractivity contribution in [3.8, 4) is 0 Å². The van der Waals surface area contributed by atoms with Crippen LogP contribution in [0.4, 0.5) is 0 Å². The summed E-state index contributed by atoms with van der Waals surface area (Å²) in [5.41, 5.74) is 8.40. The van der Waals surface area contributed by atoms with Gasteiger partial charge in [0.25, 0.3) is 0 Å². The largest absolute Gasteiger partial charge is 0.479 e. The van der Waals surface area contributed by atoms with Crippen molar-refractivity contribution in [2.75, 3.05) is 13.2 Å². The van der Waals surface area contributed by atoms with Gasteiger partial charge in [0, 0.05) is 25.7 Å². The number of aliphatic carboxylic acids is 1. The van der Waals surface area contributed by atoms with Crippen LogP contribution in [0.3, 0.4) is 0 Å². The predicted octanol–water partition coefficient (Wildman–Crippen LogP) is -0.577. The van der Waals surface area contributed by atoms with Crippen molar-refractivity contribution in [1.82, 2.24) is 5.32 Å². The summed E-state index contributed by atoms with van der Waals surface area (Å²) in [5, 5.41) is 14.7. The first-order chi connectivity index (χ1) is 15.0. The summed E-state index contributed by atoms with van der Waals surface area (Å²) in [7, 11) is 0. The second kappa shape index (κ2) is 12.4. The Balaban J connectivity index is 3.42. The fraction of sp³-hybridized carbons (Fsp3) is 0.706. The Morgan fingerprint density at radius 2 is 1.72 bits per heavy atom. The molecule has 1 amide bonds. The number of azide groups is 1. The molecule has 178 valence electrons. The summed E-state index contributed by atoms with van der Waals surface area (Å²) < 4.78 is 26.4. The van der Waals surface area contributed by atoms with E-state index in [0.717, 1.165) is 20.8 Å². The summed E-state index contributed by atoms with van der Waals surface area (Å²) >= 11 is 0. The molecule has 15 heteroatoms. The predicted molar refractivity (Wildman–Crippen MR) is 101 cm³/mol. The van der Waals surface area contributed by atoms with Crippen LogP contribution in [0, 0.1) is 0 Å². The fourth-order valence-electron chi connectivity index (χ4n) is 2.77. The number of hydrogen-bond donors (Lipinski definition) is 2. The maximum atomic E-state index is 12.2. The monoisotopic (exact) mass is 460 g/mol. The van der Waals surface area contributed by atoms with Gasteiger partial charge in [-0.1, -0.05) is 5.11 Å². The van der Waals surface area contributed by atoms with Gasteiger partial charge in [0.15, 0.2) is 12.2 Å². The zero-order valence-corrected chi connectivity index (χ0v) is 17.7. The van der Waals surface area contributed by atoms with Gasteiger partial charge in [-0.05, 0) is 12.5 Å². The molecule has 6 atom stereocenters. The summed E-state index contributed by atoms with van der Waals surface area (Å²) in [6.45, 7) is 3.31. The molecule has 1 saturated heterocycles. The van der Waals surface area contributed by atoms with E-state index >= 15 is 0 Å². The molecule has 0 aromatic heterocycles. The van der Waals surface area contributed by atoms with E-state index in [-0.39, 0.29) is 0 Å². The van der Waals surface area contributed by atoms with E-state index in [9.17, 15) is 29.1 Å². The van der Waals surface area contributed by atoms with Crippen molar-refractivity contribution in [1.29, 1.82) is 0 Å². The highest BCUT2D eigenvalue weighted by Gasteiger charge is 2.52. The number of carboxylic acids is 1. The summed E-state index contributed by atoms with van der Waals surface area (Å²) in [4.78, 5) is 60.6. The van der Waals surface area contributed by atoms with Crippen LogP contribution < -0.4 is 5.32 Å². The third-order valence-corrected chi connectivity index (χ3v) is 4.00. The van der Waals surface area contributed by atoms with Crippen LogP contribution in [0.15, 0.2) is 5.11 Å². The SMILES string of the molecule is CC(=O)OCC1OC(OC(C)=O)[C@@H](NC(=O)CN=[N+]=[N-])C(OC(C)C(=O)O)[C@@H]1OC(C)=O. The normalized spacial score (nSPS) is 25.4. The third kappa shape index (κ3) is 8.37. The lowest BCUT2D eigenvalue weighted by molar-refractivity contribution is -0.278. The first-order valence-electron chi connectivity index (χ1n) is 9.28. The van der Waals surface area contributed by atoms with Crippen LogP contribution in [-0.4, -0.2) is 84.8 Å². The zero-order valence-electron chi connectivity index (χ0n) is 17.7. The van der Waals surface area contributed by atoms with Crippen LogP contribution in [0.25, 0.3) is 10.4 Å². The lowest BCUT2D eigenvalue weighted by atomic mass is 9.95. The molecule has 1 aliphatic heterocycles. The maximum absolute atomic E-state index is 12.2. The molecule has 0 spiro atoms. The molecule has 0 aromatic carbocycles. The number of carbonyl (C=O) groups excluding carboxylic acids is 4. The number of ether oxygens (including phenoxy) is 5. The first-order valence-corrected chi connectivity index (χ1v) is 9.28. The number of hydrogen-bond acceptors (Lipinski definition) is 11. The molecular weight excluding hydrogens is 436 g/mol. The highest BCUT2D eigenvalue weighted by molar-refractivity contribution is 5.78. The van der Waals surface area contributed by atoms with Gasteiger partial charge in [-0.3, -0.25) is 19.2 Å². The molecule has 1 rings (SSSR count). The first kappa shape index (κ1) is 26.6. The van der Waals surface area contributed by atoms with E-state index in [1.807, 2.05) is 0 Å². The van der Waals surface area contributed by atoms with E-state index in [0.29, 0.717) is 0 Å². The second-order valence-electron chi connectivity index (χ2n) is 6.59. The topological polar surface area (TPSA) is 213 Å². The van der Waals surface area contributed by atoms with Crippen molar-refractivity contribution in [2.45, 2.75) is 64.4 Å². The van der Waals surface area contributed by atoms with Crippen molar-refractivity contribution < 1.29 is 52.8 Å². The molecule has 1 heterocycles. The van der Waals surface area contributed by atoms with Gasteiger partial charge in [0.05, 0.1) is 0 Å². The lowest BCUT2D eigenvalue weighted by Crippen LogP contribution is -2.67. The quantitative estimate of drug-likeness (QED) is 0.138. The Morgan fingerprint density at radius 3 is 2.22 bits per heavy atom. The second-order valence-corrected chi connectivity index (χ2v) is 6.59. The molecule has 0 aliphatic carbocycles. The van der Waals surface area contributed by atoms with Gasteiger partial charge in [0.1, 0.15) is 31.4 Å². The Morgan fingerprint density at radius 1 is 1.09 bits per heavy atom. The smallest absolute Gasteiger partial charge is 0.332 e. The molecule has 0 aromatic rings. The lowest BCUT2D eigenvalue weighted by Gasteiger charge is -2.45. The molecule has 1 aliphatic rings. The van der Waals surface area contributed by atoms with Crippen LogP contribution in [0.5, 0.6) is 0 Å². The van der Waals surface area contributed by atoms with Crippen LogP contribution in [0.2, 0.25) is 0 Å². The van der Waals surface area contributed by atoms with Crippen LogP contribution in [-0.2, 0) is 47.7 Å². The van der Waals surface area contributed by atoms with Crippen LogP contribution in [0.1, 0.15) is 27.7 Å². The van der Waals surface area contributed by atoms with Crippen LogP contribution >= 0.6 is 0 Å². The minimum absolute atomic E-state index is 0.467. The molecule has 15 nitrogen and oxygen atoms in total. The van der Waals surface area contributed by atoms with Crippen molar-refractivity contribution >= 4 is 29.8 Å². The molecule has 1 fully saturated rings. The highest BCUT2D eigenvalue weighted by Crippen LogP contribution is 2.28. The number of amides is 1. The summed E-state index contributed by atoms with van der Waals surface area (Å²) in [6, 6.07) is -1.39. The molecule has 0 saturated carbocycles. The van der Waals surface area contributed by atoms with Gasteiger partial charge in [-0.25, -0.2) is 4.79 Å². The average Bonchev–Trinajstić information content (AvgIpc) is 2.68. The summed E-state index contributed by atoms with van der Waals surface area (Å²) in [6.07, 6.45) is -7.08. The summed E-state index contributed by atoms with van der Waals surface area (Å²) in [5.74, 6) is -4.55. The number of esters is 3. The van der Waals surface area contributed by atoms with Gasteiger partial charge < -0.3 is 34.1 Å². The van der Waals surface area contributed by atoms with Crippen molar-refractivity contribution in [2.24, 2.45) is 5.11 Å².